The number of carbonyl (C=O) groups excluding carboxylic acids is 1. The number of aromatic nitrogens is 8. The van der Waals surface area contributed by atoms with Crippen molar-refractivity contribution in [3.05, 3.63) is 257 Å². The minimum Gasteiger partial charge on any atom is -0.495 e. The highest BCUT2D eigenvalue weighted by Crippen LogP contribution is 2.44. The van der Waals surface area contributed by atoms with Crippen molar-refractivity contribution in [1.29, 1.82) is 0 Å². The molecule has 682 valence electrons. The average Bonchev–Trinajstić information content (AvgIpc) is 1.80. The van der Waals surface area contributed by atoms with Crippen molar-refractivity contribution in [2.75, 3.05) is 137 Å². The second kappa shape index (κ2) is 42.1. The summed E-state index contributed by atoms with van der Waals surface area (Å²) in [5.74, 6) is -0.975. The van der Waals surface area contributed by atoms with E-state index < -0.39 is 87.3 Å². The number of nitrogens with zero attached hydrogens (tertiary/aromatic N) is 8. The SMILES string of the molecule is COCCOC(=O)c1ccccc1Nc1nc(Nc2ccc(P(C)(C)=O)cc2OC)ncc1C(F)(F)F.CP(C)(=O)c1ccc(Nc2ncc(C(F)(F)F)c(NCCc3ccccc3)n2)cc1.CP(C)(=O)c1ccc(Nc2ncc(C(F)(F)F)c(NCc3ccc4c(c3)OCO4)n2)cc1.Cc1cc(C)cc(Nc2nc(Nc3ccc(P(C)(C)=O)cc3)ncc2C(F)(F)F)c1. The maximum absolute atomic E-state index is 13.8. The molecular weight excluding hydrogens is 1780 g/mol. The van der Waals surface area contributed by atoms with Gasteiger partial charge in [0.25, 0.3) is 0 Å². The quantitative estimate of drug-likeness (QED) is 0.00977. The lowest BCUT2D eigenvalue weighted by molar-refractivity contribution is -0.138. The molecule has 8 aromatic carbocycles. The van der Waals surface area contributed by atoms with E-state index in [4.69, 9.17) is 23.7 Å². The Hall–Kier alpha value is -12.6. The number of alkyl halides is 12. The van der Waals surface area contributed by atoms with Gasteiger partial charge in [-0.1, -0.05) is 54.6 Å². The number of hydrogen-bond acceptors (Lipinski definition) is 26. The van der Waals surface area contributed by atoms with Gasteiger partial charge in [0.15, 0.2) is 11.5 Å². The minimum atomic E-state index is -4.78. The van der Waals surface area contributed by atoms with Crippen molar-refractivity contribution in [3.63, 3.8) is 0 Å². The zero-order valence-corrected chi connectivity index (χ0v) is 74.9. The number of rotatable bonds is 28. The number of ether oxygens (including phenoxy) is 5. The predicted molar refractivity (Wildman–Crippen MR) is 480 cm³/mol. The number of anilines is 14. The predicted octanol–water partition coefficient (Wildman–Crippen LogP) is 20.9. The van der Waals surface area contributed by atoms with E-state index in [1.165, 1.54) is 26.4 Å². The number of nitrogens with one attached hydrogen (secondary N) is 8. The second-order valence-corrected chi connectivity index (χ2v) is 43.1. The first-order valence-corrected chi connectivity index (χ1v) is 49.3. The number of fused-ring (bicyclic) bond motifs is 1. The third-order valence-corrected chi connectivity index (χ3v) is 24.7. The number of para-hydroxylation sites is 1. The van der Waals surface area contributed by atoms with Crippen molar-refractivity contribution in [2.24, 2.45) is 0 Å². The first kappa shape index (κ1) is 98.6. The van der Waals surface area contributed by atoms with E-state index in [1.54, 1.807) is 187 Å². The van der Waals surface area contributed by atoms with Gasteiger partial charge in [-0.25, -0.2) is 24.7 Å². The largest absolute Gasteiger partial charge is 0.495 e. The van der Waals surface area contributed by atoms with Crippen molar-refractivity contribution >= 4 is 137 Å². The highest BCUT2D eigenvalue weighted by Gasteiger charge is 2.39. The van der Waals surface area contributed by atoms with Crippen molar-refractivity contribution in [1.82, 2.24) is 39.9 Å². The second-order valence-electron chi connectivity index (χ2n) is 30.2. The fourth-order valence-corrected chi connectivity index (χ4v) is 15.4. The van der Waals surface area contributed by atoms with Crippen LogP contribution in [0.2, 0.25) is 0 Å². The van der Waals surface area contributed by atoms with Crippen molar-refractivity contribution in [3.8, 4) is 17.2 Å². The van der Waals surface area contributed by atoms with Gasteiger partial charge in [0, 0.05) is 89.0 Å². The highest BCUT2D eigenvalue weighted by molar-refractivity contribution is 7.71. The normalized spacial score (nSPS) is 12.2. The van der Waals surface area contributed by atoms with Crippen LogP contribution in [-0.2, 0) is 65.4 Å². The Kier molecular flexibility index (Phi) is 32.2. The van der Waals surface area contributed by atoms with Crippen LogP contribution in [0.5, 0.6) is 17.2 Å². The molecule has 0 bridgehead atoms. The van der Waals surface area contributed by atoms with E-state index in [1.807, 2.05) is 50.2 Å². The Morgan fingerprint density at radius 3 is 1.26 bits per heavy atom. The first-order chi connectivity index (χ1) is 60.6. The monoisotopic (exact) mass is 1870 g/mol. The van der Waals surface area contributed by atoms with E-state index >= 15 is 0 Å². The molecule has 4 aromatic heterocycles. The van der Waals surface area contributed by atoms with Crippen molar-refractivity contribution < 1.29 is 99.4 Å². The topological polar surface area (TPSA) is 331 Å². The van der Waals surface area contributed by atoms with Crippen LogP contribution >= 0.6 is 28.6 Å². The molecule has 12 aromatic rings. The molecule has 0 saturated heterocycles. The van der Waals surface area contributed by atoms with E-state index in [9.17, 15) is 75.7 Å². The molecule has 0 saturated carbocycles. The number of hydrogen-bond donors (Lipinski definition) is 8. The molecule has 1 aliphatic rings. The zero-order chi connectivity index (χ0) is 94.0. The summed E-state index contributed by atoms with van der Waals surface area (Å²) >= 11 is 0. The lowest BCUT2D eigenvalue weighted by atomic mass is 10.1. The Morgan fingerprint density at radius 2 is 0.806 bits per heavy atom. The lowest BCUT2D eigenvalue weighted by Gasteiger charge is -2.17. The first-order valence-electron chi connectivity index (χ1n) is 38.9. The van der Waals surface area contributed by atoms with Crippen LogP contribution in [0, 0.1) is 13.8 Å². The van der Waals surface area contributed by atoms with Crippen LogP contribution in [0.1, 0.15) is 54.9 Å². The molecule has 0 fully saturated rings. The molecule has 0 spiro atoms. The maximum Gasteiger partial charge on any atom is 0.421 e. The summed E-state index contributed by atoms with van der Waals surface area (Å²) < 4.78 is 237. The Labute approximate surface area is 734 Å². The number of aryl methyl sites for hydroxylation is 2. The van der Waals surface area contributed by atoms with E-state index in [0.717, 1.165) is 35.3 Å². The summed E-state index contributed by atoms with van der Waals surface area (Å²) in [6.07, 6.45) is -15.1. The lowest BCUT2D eigenvalue weighted by Crippen LogP contribution is -2.16. The molecule has 0 aliphatic carbocycles. The summed E-state index contributed by atoms with van der Waals surface area (Å²) in [7, 11) is -6.91. The average molecular weight is 1870 g/mol. The standard InChI is InChI=1S/C24H26F3N4O5P.C21H20F3N4O3P.2C21H22F3N4OP/c1-34-11-12-36-22(32)16-7-5-6-8-18(16)29-21-17(24(25,26)27)14-28-23(31-21)30-19-10-9-15(37(3,4)33)13-20(19)35-2;1-32(2,29)15-6-4-14(5-7-15)27-20-26-11-16(21(22,23)24)19(28-20)25-10-13-3-8-17-18(9-13)31-12-30-17;1-13-9-14(2)11-16(10-13)26-19-18(21(22,23)24)12-25-20(28-19)27-15-5-7-17(8-6-15)30(3,4)29;1-30(2,29)17-10-8-16(9-11-17)27-20-26-14-18(21(22,23)24)19(28-20)25-13-12-15-6-4-3-5-7-15/h5-10,13-14H,11-12H2,1-4H3,(H2,28,29,30,31);3-9,11H,10,12H2,1-2H3,(H2,25,26,27,28);5-12H,1-4H3,(H2,25,26,27,28);3-11,14H,12-13H2,1-2H3,(H2,25,26,27,28). The Bertz CT molecular complexity index is 6090. The summed E-state index contributed by atoms with van der Waals surface area (Å²) in [6, 6.07) is 51.1. The summed E-state index contributed by atoms with van der Waals surface area (Å²) in [5, 5.41) is 25.0. The van der Waals surface area contributed by atoms with Gasteiger partial charge in [-0.15, -0.1) is 0 Å². The van der Waals surface area contributed by atoms with Crippen LogP contribution in [-0.4, -0.2) is 140 Å². The molecule has 26 nitrogen and oxygen atoms in total. The Balaban J connectivity index is 0.000000180. The van der Waals surface area contributed by atoms with Gasteiger partial charge >= 0.3 is 30.7 Å². The number of esters is 1. The molecule has 13 rings (SSSR count). The van der Waals surface area contributed by atoms with Gasteiger partial charge in [0.2, 0.25) is 30.6 Å². The maximum atomic E-state index is 13.8. The van der Waals surface area contributed by atoms with Crippen molar-refractivity contribution in [2.45, 2.75) is 51.5 Å². The molecule has 0 atom stereocenters. The van der Waals surface area contributed by atoms with E-state index in [-0.39, 0.29) is 79.0 Å². The fourth-order valence-electron chi connectivity index (χ4n) is 12.0. The van der Waals surface area contributed by atoms with Gasteiger partial charge in [-0.05, 0) is 223 Å². The van der Waals surface area contributed by atoms with Gasteiger partial charge in [0.05, 0.1) is 30.7 Å². The number of benzene rings is 8. The molecule has 129 heavy (non-hydrogen) atoms. The number of methoxy groups -OCH3 is 2. The fraction of sp³-hybridized carbons (Fsp3) is 0.253. The van der Waals surface area contributed by atoms with Crippen LogP contribution in [0.4, 0.5) is 134 Å². The van der Waals surface area contributed by atoms with Gasteiger partial charge in [-0.3, -0.25) is 0 Å². The molecule has 8 N–H and O–H groups in total. The van der Waals surface area contributed by atoms with Gasteiger partial charge in [0.1, 0.15) is 86.4 Å². The third kappa shape index (κ3) is 28.9. The summed E-state index contributed by atoms with van der Waals surface area (Å²) in [6.45, 7) is 17.6. The molecule has 0 radical (unpaired) electrons. The summed E-state index contributed by atoms with van der Waals surface area (Å²) in [5.41, 5.74) is 2.21. The number of carbonyl (C=O) groups is 1. The molecular formula is C87H90F12N16O10P4. The minimum absolute atomic E-state index is 0.00452. The van der Waals surface area contributed by atoms with E-state index in [0.29, 0.717) is 91.6 Å². The molecule has 0 unspecified atom stereocenters. The highest BCUT2D eigenvalue weighted by atomic mass is 31.2. The molecule has 0 amide bonds. The van der Waals surface area contributed by atoms with Gasteiger partial charge in [-0.2, -0.15) is 72.6 Å². The van der Waals surface area contributed by atoms with Crippen LogP contribution in [0.3, 0.4) is 0 Å². The molecule has 5 heterocycles. The number of halogens is 12. The van der Waals surface area contributed by atoms with Gasteiger partial charge < -0.3 is 84.5 Å². The smallest absolute Gasteiger partial charge is 0.421 e. The summed E-state index contributed by atoms with van der Waals surface area (Å²) in [4.78, 5) is 43.8. The molecule has 1 aliphatic heterocycles. The zero-order valence-electron chi connectivity index (χ0n) is 71.4. The van der Waals surface area contributed by atoms with Crippen LogP contribution < -0.4 is 78.0 Å². The van der Waals surface area contributed by atoms with Crippen LogP contribution in [0.25, 0.3) is 0 Å². The third-order valence-electron chi connectivity index (χ3n) is 18.5. The van der Waals surface area contributed by atoms with Crippen LogP contribution in [0.15, 0.2) is 207 Å². The molecule has 42 heteroatoms. The Morgan fingerprint density at radius 1 is 0.395 bits per heavy atom. The van der Waals surface area contributed by atoms with E-state index in [2.05, 4.69) is 82.4 Å².